The fourth-order valence-electron chi connectivity index (χ4n) is 2.47. The molecule has 5 heteroatoms. The van der Waals surface area contributed by atoms with Gasteiger partial charge in [-0.25, -0.2) is 4.79 Å². The minimum Gasteiger partial charge on any atom is -0.326 e. The number of hydrogen-bond acceptors (Lipinski definition) is 2. The van der Waals surface area contributed by atoms with Gasteiger partial charge in [0.25, 0.3) is 0 Å². The van der Waals surface area contributed by atoms with E-state index in [1.54, 1.807) is 6.07 Å². The van der Waals surface area contributed by atoms with Gasteiger partial charge in [0.05, 0.1) is 0 Å². The number of carbonyl (C=O) groups is 2. The molecule has 3 amide bonds. The molecular weight excluding hydrogens is 278 g/mol. The van der Waals surface area contributed by atoms with Crippen molar-refractivity contribution >= 4 is 29.0 Å². The van der Waals surface area contributed by atoms with Gasteiger partial charge in [0, 0.05) is 23.5 Å². The average molecular weight is 295 g/mol. The van der Waals surface area contributed by atoms with E-state index in [0.29, 0.717) is 12.1 Å². The Morgan fingerprint density at radius 2 is 1.73 bits per heavy atom. The number of para-hydroxylation sites is 1. The van der Waals surface area contributed by atoms with Crippen LogP contribution in [-0.2, 0) is 11.2 Å². The van der Waals surface area contributed by atoms with Gasteiger partial charge < -0.3 is 16.0 Å². The van der Waals surface area contributed by atoms with Gasteiger partial charge in [-0.05, 0) is 48.7 Å². The van der Waals surface area contributed by atoms with Gasteiger partial charge in [0.2, 0.25) is 5.91 Å². The van der Waals surface area contributed by atoms with Crippen molar-refractivity contribution in [3.05, 3.63) is 54.1 Å². The smallest absolute Gasteiger partial charge is 0.323 e. The second-order valence-electron chi connectivity index (χ2n) is 5.22. The van der Waals surface area contributed by atoms with E-state index in [9.17, 15) is 9.59 Å². The summed E-state index contributed by atoms with van der Waals surface area (Å²) in [6, 6.07) is 14.5. The van der Waals surface area contributed by atoms with Crippen LogP contribution < -0.4 is 16.0 Å². The first kappa shape index (κ1) is 14.1. The molecule has 1 aliphatic heterocycles. The van der Waals surface area contributed by atoms with Crippen LogP contribution in [0.4, 0.5) is 21.9 Å². The fourth-order valence-corrected chi connectivity index (χ4v) is 2.47. The lowest BCUT2D eigenvalue weighted by molar-refractivity contribution is -0.116. The molecule has 22 heavy (non-hydrogen) atoms. The van der Waals surface area contributed by atoms with Crippen molar-refractivity contribution in [3.63, 3.8) is 0 Å². The lowest BCUT2D eigenvalue weighted by Gasteiger charge is -2.11. The molecule has 1 aliphatic rings. The van der Waals surface area contributed by atoms with E-state index in [1.165, 1.54) is 0 Å². The molecule has 0 unspecified atom stereocenters. The number of amides is 3. The number of hydrogen-bond donors (Lipinski definition) is 3. The summed E-state index contributed by atoms with van der Waals surface area (Å²) in [5.74, 6) is 0.0429. The zero-order chi connectivity index (χ0) is 15.4. The monoisotopic (exact) mass is 295 g/mol. The maximum atomic E-state index is 12.0. The summed E-state index contributed by atoms with van der Waals surface area (Å²) < 4.78 is 0. The molecule has 0 aromatic heterocycles. The molecule has 112 valence electrons. The zero-order valence-corrected chi connectivity index (χ0v) is 12.1. The highest BCUT2D eigenvalue weighted by molar-refractivity contribution is 6.00. The normalized spacial score (nSPS) is 13.5. The van der Waals surface area contributed by atoms with Crippen molar-refractivity contribution in [3.8, 4) is 0 Å². The Balaban J connectivity index is 1.69. The second kappa shape index (κ2) is 6.30. The molecule has 0 atom stereocenters. The minimum absolute atomic E-state index is 0.0429. The molecule has 2 aromatic carbocycles. The van der Waals surface area contributed by atoms with E-state index < -0.39 is 0 Å². The van der Waals surface area contributed by atoms with Crippen molar-refractivity contribution in [1.29, 1.82) is 0 Å². The largest absolute Gasteiger partial charge is 0.326 e. The summed E-state index contributed by atoms with van der Waals surface area (Å²) >= 11 is 0. The van der Waals surface area contributed by atoms with E-state index >= 15 is 0 Å². The molecule has 2 aromatic rings. The van der Waals surface area contributed by atoms with Crippen LogP contribution in [0.25, 0.3) is 0 Å². The molecule has 0 fully saturated rings. The van der Waals surface area contributed by atoms with Gasteiger partial charge in [-0.2, -0.15) is 0 Å². The summed E-state index contributed by atoms with van der Waals surface area (Å²) in [7, 11) is 0. The SMILES string of the molecule is O=C1CCCc2cc(NC(=O)Nc3ccccc3)ccc2N1. The highest BCUT2D eigenvalue weighted by atomic mass is 16.2. The van der Waals surface area contributed by atoms with E-state index in [4.69, 9.17) is 0 Å². The first-order valence-corrected chi connectivity index (χ1v) is 7.26. The summed E-state index contributed by atoms with van der Waals surface area (Å²) in [4.78, 5) is 23.5. The summed E-state index contributed by atoms with van der Waals surface area (Å²) in [5.41, 5.74) is 3.32. The maximum Gasteiger partial charge on any atom is 0.323 e. The Morgan fingerprint density at radius 3 is 2.55 bits per heavy atom. The quantitative estimate of drug-likeness (QED) is 0.792. The van der Waals surface area contributed by atoms with Crippen molar-refractivity contribution in [2.45, 2.75) is 19.3 Å². The van der Waals surface area contributed by atoms with Crippen LogP contribution in [0.15, 0.2) is 48.5 Å². The summed E-state index contributed by atoms with van der Waals surface area (Å²) in [5, 5.41) is 8.45. The Morgan fingerprint density at radius 1 is 0.955 bits per heavy atom. The number of aryl methyl sites for hydroxylation is 1. The standard InChI is InChI=1S/C17H17N3O2/c21-16-8-4-5-12-11-14(9-10-15(12)20-16)19-17(22)18-13-6-2-1-3-7-13/h1-3,6-7,9-11H,4-5,8H2,(H,20,21)(H2,18,19,22). The number of anilines is 3. The molecule has 0 saturated heterocycles. The van der Waals surface area contributed by atoms with Gasteiger partial charge >= 0.3 is 6.03 Å². The highest BCUT2D eigenvalue weighted by Crippen LogP contribution is 2.25. The molecule has 0 bridgehead atoms. The number of fused-ring (bicyclic) bond motifs is 1. The Kier molecular flexibility index (Phi) is 4.05. The van der Waals surface area contributed by atoms with Crippen LogP contribution in [0, 0.1) is 0 Å². The molecule has 0 spiro atoms. The first-order valence-electron chi connectivity index (χ1n) is 7.26. The van der Waals surface area contributed by atoms with Gasteiger partial charge in [0.15, 0.2) is 0 Å². The third-order valence-corrected chi connectivity index (χ3v) is 3.52. The van der Waals surface area contributed by atoms with Gasteiger partial charge in [0.1, 0.15) is 0 Å². The number of benzene rings is 2. The zero-order valence-electron chi connectivity index (χ0n) is 12.1. The van der Waals surface area contributed by atoms with E-state index in [1.807, 2.05) is 42.5 Å². The first-order chi connectivity index (χ1) is 10.7. The predicted molar refractivity (Wildman–Crippen MR) is 87.1 cm³/mol. The minimum atomic E-state index is -0.288. The molecule has 0 saturated carbocycles. The van der Waals surface area contributed by atoms with Crippen LogP contribution in [-0.4, -0.2) is 11.9 Å². The summed E-state index contributed by atoms with van der Waals surface area (Å²) in [6.07, 6.45) is 2.17. The molecule has 0 radical (unpaired) electrons. The van der Waals surface area contributed by atoms with Crippen LogP contribution in [0.5, 0.6) is 0 Å². The summed E-state index contributed by atoms with van der Waals surface area (Å²) in [6.45, 7) is 0. The third-order valence-electron chi connectivity index (χ3n) is 3.52. The van der Waals surface area contributed by atoms with Crippen LogP contribution in [0.2, 0.25) is 0 Å². The lowest BCUT2D eigenvalue weighted by Crippen LogP contribution is -2.19. The van der Waals surface area contributed by atoms with Gasteiger partial charge in [-0.1, -0.05) is 18.2 Å². The van der Waals surface area contributed by atoms with Crippen LogP contribution in [0.3, 0.4) is 0 Å². The molecule has 0 aliphatic carbocycles. The number of urea groups is 1. The number of carbonyl (C=O) groups excluding carboxylic acids is 2. The van der Waals surface area contributed by atoms with Crippen molar-refractivity contribution in [1.82, 2.24) is 0 Å². The van der Waals surface area contributed by atoms with E-state index in [-0.39, 0.29) is 11.9 Å². The predicted octanol–water partition coefficient (Wildman–Crippen LogP) is 3.61. The van der Waals surface area contributed by atoms with Crippen LogP contribution >= 0.6 is 0 Å². The molecular formula is C17H17N3O2. The van der Waals surface area contributed by atoms with Gasteiger partial charge in [-0.15, -0.1) is 0 Å². The van der Waals surface area contributed by atoms with E-state index in [0.717, 1.165) is 29.8 Å². The Bertz CT molecular complexity index is 698. The Labute approximate surface area is 128 Å². The third kappa shape index (κ3) is 3.44. The van der Waals surface area contributed by atoms with Crippen molar-refractivity contribution in [2.24, 2.45) is 0 Å². The topological polar surface area (TPSA) is 70.2 Å². The Hall–Kier alpha value is -2.82. The van der Waals surface area contributed by atoms with Gasteiger partial charge in [-0.3, -0.25) is 4.79 Å². The molecule has 3 rings (SSSR count). The number of rotatable bonds is 2. The highest BCUT2D eigenvalue weighted by Gasteiger charge is 2.13. The fraction of sp³-hybridized carbons (Fsp3) is 0.176. The lowest BCUT2D eigenvalue weighted by atomic mass is 10.1. The van der Waals surface area contributed by atoms with Crippen LogP contribution in [0.1, 0.15) is 18.4 Å². The molecule has 5 nitrogen and oxygen atoms in total. The van der Waals surface area contributed by atoms with Crippen molar-refractivity contribution in [2.75, 3.05) is 16.0 Å². The average Bonchev–Trinajstić information content (AvgIpc) is 2.68. The molecule has 1 heterocycles. The van der Waals surface area contributed by atoms with Crippen molar-refractivity contribution < 1.29 is 9.59 Å². The maximum absolute atomic E-state index is 12.0. The molecule has 3 N–H and O–H groups in total. The number of nitrogens with one attached hydrogen (secondary N) is 3. The van der Waals surface area contributed by atoms with E-state index in [2.05, 4.69) is 16.0 Å². The second-order valence-corrected chi connectivity index (χ2v) is 5.22.